The van der Waals surface area contributed by atoms with Crippen molar-refractivity contribution in [2.45, 2.75) is 13.8 Å². The van der Waals surface area contributed by atoms with E-state index in [0.29, 0.717) is 0 Å². The highest BCUT2D eigenvalue weighted by atomic mass is 15.0. The van der Waals surface area contributed by atoms with Crippen LogP contribution in [0, 0.1) is 13.8 Å². The fraction of sp³-hybridized carbons (Fsp3) is 0.100. The smallest absolute Gasteiger partial charge is 0.0612 e. The molecule has 0 aliphatic rings. The van der Waals surface area contributed by atoms with Gasteiger partial charge in [0.05, 0.1) is 5.52 Å². The summed E-state index contributed by atoms with van der Waals surface area (Å²) >= 11 is 0. The molecule has 0 amide bonds. The van der Waals surface area contributed by atoms with Crippen molar-refractivity contribution in [3.05, 3.63) is 78.0 Å². The maximum absolute atomic E-state index is 2.38. The van der Waals surface area contributed by atoms with E-state index in [0.717, 1.165) is 0 Å². The summed E-state index contributed by atoms with van der Waals surface area (Å²) < 4.78 is 2.38. The van der Waals surface area contributed by atoms with Gasteiger partial charge in [0.1, 0.15) is 0 Å². The van der Waals surface area contributed by atoms with Gasteiger partial charge in [-0.05, 0) is 36.9 Å². The summed E-state index contributed by atoms with van der Waals surface area (Å²) in [5, 5.41) is 3.95. The lowest BCUT2D eigenvalue weighted by atomic mass is 10.1. The fourth-order valence-electron chi connectivity index (χ4n) is 3.23. The number of fused-ring (bicyclic) bond motifs is 3. The Balaban J connectivity index is 2.24. The van der Waals surface area contributed by atoms with Gasteiger partial charge in [-0.1, -0.05) is 54.6 Å². The molecule has 0 N–H and O–H groups in total. The van der Waals surface area contributed by atoms with E-state index < -0.39 is 0 Å². The maximum Gasteiger partial charge on any atom is 0.0612 e. The average Bonchev–Trinajstić information content (AvgIpc) is 2.80. The van der Waals surface area contributed by atoms with E-state index >= 15 is 0 Å². The van der Waals surface area contributed by atoms with Crippen LogP contribution in [0.2, 0.25) is 0 Å². The van der Waals surface area contributed by atoms with Crippen molar-refractivity contribution in [1.29, 1.82) is 0 Å². The van der Waals surface area contributed by atoms with Crippen molar-refractivity contribution in [1.82, 2.24) is 4.57 Å². The summed E-state index contributed by atoms with van der Waals surface area (Å²) in [6.07, 6.45) is 0. The molecule has 0 radical (unpaired) electrons. The molecule has 0 aliphatic carbocycles. The van der Waals surface area contributed by atoms with Crippen molar-refractivity contribution in [3.8, 4) is 5.69 Å². The highest BCUT2D eigenvalue weighted by molar-refractivity contribution is 6.08. The second kappa shape index (κ2) is 4.49. The van der Waals surface area contributed by atoms with E-state index in [4.69, 9.17) is 0 Å². The summed E-state index contributed by atoms with van der Waals surface area (Å²) in [5.41, 5.74) is 5.21. The summed E-state index contributed by atoms with van der Waals surface area (Å²) in [6.45, 7) is 4.42. The normalized spacial score (nSPS) is 11.3. The summed E-state index contributed by atoms with van der Waals surface area (Å²) in [6, 6.07) is 23.7. The van der Waals surface area contributed by atoms with E-state index in [9.17, 15) is 0 Å². The van der Waals surface area contributed by atoms with Gasteiger partial charge in [0.2, 0.25) is 0 Å². The molecule has 0 atom stereocenters. The maximum atomic E-state index is 2.38. The molecule has 4 aromatic rings. The van der Waals surface area contributed by atoms with E-state index in [1.807, 2.05) is 0 Å². The fourth-order valence-corrected chi connectivity index (χ4v) is 3.23. The Morgan fingerprint density at radius 2 is 1.38 bits per heavy atom. The van der Waals surface area contributed by atoms with Gasteiger partial charge in [-0.2, -0.15) is 0 Å². The molecule has 0 saturated heterocycles. The molecule has 3 aromatic carbocycles. The molecular weight excluding hydrogens is 254 g/mol. The molecule has 0 unspecified atom stereocenters. The molecule has 4 rings (SSSR count). The van der Waals surface area contributed by atoms with Gasteiger partial charge in [0.15, 0.2) is 0 Å². The summed E-state index contributed by atoms with van der Waals surface area (Å²) in [4.78, 5) is 0. The first kappa shape index (κ1) is 12.2. The molecule has 1 nitrogen and oxygen atoms in total. The molecule has 102 valence electrons. The minimum absolute atomic E-state index is 1.23. The third-order valence-corrected chi connectivity index (χ3v) is 4.42. The van der Waals surface area contributed by atoms with Crippen LogP contribution in [-0.4, -0.2) is 4.57 Å². The number of para-hydroxylation sites is 1. The predicted octanol–water partition coefficient (Wildman–Crippen LogP) is 5.40. The number of benzene rings is 3. The van der Waals surface area contributed by atoms with E-state index in [2.05, 4.69) is 85.1 Å². The number of nitrogens with zero attached hydrogens (tertiary/aromatic N) is 1. The minimum Gasteiger partial charge on any atom is -0.313 e. The molecular formula is C20H17N. The van der Waals surface area contributed by atoms with Crippen molar-refractivity contribution >= 4 is 21.7 Å². The lowest BCUT2D eigenvalue weighted by Gasteiger charge is -2.10. The van der Waals surface area contributed by atoms with Crippen LogP contribution in [-0.2, 0) is 0 Å². The van der Waals surface area contributed by atoms with Crippen molar-refractivity contribution < 1.29 is 0 Å². The van der Waals surface area contributed by atoms with E-state index in [1.165, 1.54) is 38.6 Å². The zero-order valence-corrected chi connectivity index (χ0v) is 12.3. The van der Waals surface area contributed by atoms with Gasteiger partial charge in [-0.25, -0.2) is 0 Å². The first-order chi connectivity index (χ1) is 10.3. The quantitative estimate of drug-likeness (QED) is 0.437. The van der Waals surface area contributed by atoms with E-state index in [-0.39, 0.29) is 0 Å². The minimum atomic E-state index is 1.23. The Bertz CT molecular complexity index is 946. The number of aromatic nitrogens is 1. The third-order valence-electron chi connectivity index (χ3n) is 4.42. The van der Waals surface area contributed by atoms with Crippen LogP contribution >= 0.6 is 0 Å². The third kappa shape index (κ3) is 1.71. The van der Waals surface area contributed by atoms with Crippen LogP contribution in [0.1, 0.15) is 11.3 Å². The molecule has 0 aliphatic heterocycles. The standard InChI is InChI=1S/C20H17N/c1-14-15(2)21(17-9-4-3-5-10-17)20-18(14)13-12-16-8-6-7-11-19(16)20/h3-13H,1-2H3. The van der Waals surface area contributed by atoms with Gasteiger partial charge >= 0.3 is 0 Å². The first-order valence-corrected chi connectivity index (χ1v) is 7.32. The zero-order valence-electron chi connectivity index (χ0n) is 12.3. The van der Waals surface area contributed by atoms with Crippen molar-refractivity contribution in [3.63, 3.8) is 0 Å². The SMILES string of the molecule is Cc1c(C)n(-c2ccccc2)c2c1ccc1ccccc12. The zero-order chi connectivity index (χ0) is 14.4. The lowest BCUT2D eigenvalue weighted by Crippen LogP contribution is -1.96. The largest absolute Gasteiger partial charge is 0.313 e. The Labute approximate surface area is 124 Å². The molecule has 21 heavy (non-hydrogen) atoms. The molecule has 1 heterocycles. The molecule has 0 bridgehead atoms. The van der Waals surface area contributed by atoms with Crippen LogP contribution in [0.4, 0.5) is 0 Å². The monoisotopic (exact) mass is 271 g/mol. The first-order valence-electron chi connectivity index (χ1n) is 7.32. The molecule has 0 saturated carbocycles. The number of hydrogen-bond acceptors (Lipinski definition) is 0. The molecule has 1 heteroatoms. The second-order valence-electron chi connectivity index (χ2n) is 5.56. The van der Waals surface area contributed by atoms with Crippen LogP contribution in [0.25, 0.3) is 27.4 Å². The van der Waals surface area contributed by atoms with Crippen molar-refractivity contribution in [2.24, 2.45) is 0 Å². The van der Waals surface area contributed by atoms with Crippen LogP contribution in [0.3, 0.4) is 0 Å². The number of aryl methyl sites for hydroxylation is 1. The van der Waals surface area contributed by atoms with Gasteiger partial charge in [-0.3, -0.25) is 0 Å². The number of rotatable bonds is 1. The predicted molar refractivity (Wildman–Crippen MR) is 90.3 cm³/mol. The van der Waals surface area contributed by atoms with Gasteiger partial charge < -0.3 is 4.57 Å². The Hall–Kier alpha value is -2.54. The Morgan fingerprint density at radius 1 is 0.667 bits per heavy atom. The van der Waals surface area contributed by atoms with Crippen LogP contribution < -0.4 is 0 Å². The average molecular weight is 271 g/mol. The molecule has 0 fully saturated rings. The highest BCUT2D eigenvalue weighted by Crippen LogP contribution is 2.33. The second-order valence-corrected chi connectivity index (χ2v) is 5.56. The molecule has 1 aromatic heterocycles. The van der Waals surface area contributed by atoms with Gasteiger partial charge in [-0.15, -0.1) is 0 Å². The lowest BCUT2D eigenvalue weighted by molar-refractivity contribution is 1.04. The van der Waals surface area contributed by atoms with Crippen molar-refractivity contribution in [2.75, 3.05) is 0 Å². The highest BCUT2D eigenvalue weighted by Gasteiger charge is 2.14. The Kier molecular flexibility index (Phi) is 2.61. The Morgan fingerprint density at radius 3 is 2.19 bits per heavy atom. The summed E-state index contributed by atoms with van der Waals surface area (Å²) in [5.74, 6) is 0. The number of hydrogen-bond donors (Lipinski definition) is 0. The van der Waals surface area contributed by atoms with E-state index in [1.54, 1.807) is 0 Å². The summed E-state index contributed by atoms with van der Waals surface area (Å²) in [7, 11) is 0. The molecule has 0 spiro atoms. The van der Waals surface area contributed by atoms with Gasteiger partial charge in [0, 0.05) is 22.2 Å². The van der Waals surface area contributed by atoms with Crippen LogP contribution in [0.15, 0.2) is 66.7 Å². The van der Waals surface area contributed by atoms with Crippen LogP contribution in [0.5, 0.6) is 0 Å². The topological polar surface area (TPSA) is 4.93 Å². The van der Waals surface area contributed by atoms with Gasteiger partial charge in [0.25, 0.3) is 0 Å².